The van der Waals surface area contributed by atoms with Crippen LogP contribution in [0.15, 0.2) is 53.7 Å². The van der Waals surface area contributed by atoms with E-state index in [1.54, 1.807) is 31.4 Å². The standard InChI is InChI=1S/C29H33N7O3/c1-18-13-21(5-6-22(18)19-8-11-36(12-9-19)17-26(37)35(2)3)32-28-27-20(7-10-31-29(27)38)14-23(34-28)24-15-30-16-25(33-24)39-4/h5-7,10,13-16,19H,8-9,11-12,17H2,1-4H3,(H,31,38)(H,32,34). The number of rotatable bonds is 7. The van der Waals surface area contributed by atoms with Crippen LogP contribution in [0.25, 0.3) is 22.2 Å². The zero-order valence-corrected chi connectivity index (χ0v) is 22.7. The number of piperidine rings is 1. The van der Waals surface area contributed by atoms with Crippen LogP contribution in [-0.2, 0) is 4.79 Å². The number of hydrogen-bond acceptors (Lipinski definition) is 8. The molecule has 0 aliphatic carbocycles. The highest BCUT2D eigenvalue weighted by atomic mass is 16.5. The summed E-state index contributed by atoms with van der Waals surface area (Å²) in [4.78, 5) is 44.9. The summed E-state index contributed by atoms with van der Waals surface area (Å²) in [5, 5.41) is 4.59. The summed E-state index contributed by atoms with van der Waals surface area (Å²) >= 11 is 0. The number of carbonyl (C=O) groups is 1. The summed E-state index contributed by atoms with van der Waals surface area (Å²) < 4.78 is 5.22. The van der Waals surface area contributed by atoms with Crippen molar-refractivity contribution in [2.24, 2.45) is 0 Å². The first-order valence-corrected chi connectivity index (χ1v) is 13.0. The van der Waals surface area contributed by atoms with E-state index in [9.17, 15) is 9.59 Å². The first kappa shape index (κ1) is 26.3. The zero-order chi connectivity index (χ0) is 27.5. The van der Waals surface area contributed by atoms with Gasteiger partial charge in [-0.1, -0.05) is 6.07 Å². The number of aromatic nitrogens is 4. The maximum Gasteiger partial charge on any atom is 0.259 e. The van der Waals surface area contributed by atoms with E-state index >= 15 is 0 Å². The Balaban J connectivity index is 1.39. The van der Waals surface area contributed by atoms with Gasteiger partial charge in [0, 0.05) is 26.0 Å². The first-order chi connectivity index (χ1) is 18.8. The second kappa shape index (κ2) is 11.2. The highest BCUT2D eigenvalue weighted by Crippen LogP contribution is 2.33. The van der Waals surface area contributed by atoms with Crippen molar-refractivity contribution in [1.29, 1.82) is 0 Å². The summed E-state index contributed by atoms with van der Waals surface area (Å²) in [6.45, 7) is 4.40. The number of methoxy groups -OCH3 is 1. The van der Waals surface area contributed by atoms with Crippen molar-refractivity contribution in [2.45, 2.75) is 25.7 Å². The molecule has 1 amide bonds. The van der Waals surface area contributed by atoms with Crippen molar-refractivity contribution in [2.75, 3.05) is 46.2 Å². The van der Waals surface area contributed by atoms with Gasteiger partial charge >= 0.3 is 0 Å². The minimum absolute atomic E-state index is 0.141. The van der Waals surface area contributed by atoms with Gasteiger partial charge in [0.25, 0.3) is 5.56 Å². The number of amides is 1. The quantitative estimate of drug-likeness (QED) is 0.374. The molecule has 0 unspecified atom stereocenters. The van der Waals surface area contributed by atoms with Crippen LogP contribution in [0, 0.1) is 6.92 Å². The minimum atomic E-state index is -0.223. The van der Waals surface area contributed by atoms with Crippen molar-refractivity contribution in [3.63, 3.8) is 0 Å². The summed E-state index contributed by atoms with van der Waals surface area (Å²) in [5.41, 5.74) is 4.24. The number of fused-ring (bicyclic) bond motifs is 1. The maximum absolute atomic E-state index is 12.8. The highest BCUT2D eigenvalue weighted by molar-refractivity contribution is 5.94. The summed E-state index contributed by atoms with van der Waals surface area (Å²) in [5.74, 6) is 1.42. The number of aromatic amines is 1. The molecule has 0 spiro atoms. The van der Waals surface area contributed by atoms with Crippen LogP contribution in [0.1, 0.15) is 29.9 Å². The minimum Gasteiger partial charge on any atom is -0.480 e. The summed E-state index contributed by atoms with van der Waals surface area (Å²) in [7, 11) is 5.13. The van der Waals surface area contributed by atoms with Crippen molar-refractivity contribution in [1.82, 2.24) is 29.7 Å². The molecule has 0 atom stereocenters. The van der Waals surface area contributed by atoms with Crippen molar-refractivity contribution in [3.05, 3.63) is 70.4 Å². The Morgan fingerprint density at radius 3 is 2.64 bits per heavy atom. The summed E-state index contributed by atoms with van der Waals surface area (Å²) in [6.07, 6.45) is 6.80. The second-order valence-corrected chi connectivity index (χ2v) is 10.1. The lowest BCUT2D eigenvalue weighted by Crippen LogP contribution is -2.40. The average molecular weight is 528 g/mol. The molecule has 4 aromatic rings. The van der Waals surface area contributed by atoms with E-state index in [1.165, 1.54) is 24.4 Å². The van der Waals surface area contributed by atoms with Gasteiger partial charge in [0.15, 0.2) is 0 Å². The number of pyridine rings is 2. The van der Waals surface area contributed by atoms with Gasteiger partial charge in [0.1, 0.15) is 11.5 Å². The SMILES string of the molecule is COc1cncc(-c2cc3cc[nH]c(=O)c3c(Nc3ccc(C4CCN(CC(=O)N(C)C)CC4)c(C)c3)n2)n1. The normalized spacial score (nSPS) is 14.4. The van der Waals surface area contributed by atoms with E-state index in [0.29, 0.717) is 40.9 Å². The topological polar surface area (TPSA) is 116 Å². The third kappa shape index (κ3) is 5.75. The number of benzene rings is 1. The van der Waals surface area contributed by atoms with Gasteiger partial charge in [0.05, 0.1) is 37.1 Å². The molecule has 1 saturated heterocycles. The number of ether oxygens (including phenoxy) is 1. The van der Waals surface area contributed by atoms with E-state index in [0.717, 1.165) is 37.0 Å². The Morgan fingerprint density at radius 1 is 1.13 bits per heavy atom. The van der Waals surface area contributed by atoms with Crippen LogP contribution in [-0.4, -0.2) is 76.5 Å². The Bertz CT molecular complexity index is 1560. The van der Waals surface area contributed by atoms with Gasteiger partial charge in [-0.15, -0.1) is 0 Å². The third-order valence-electron chi connectivity index (χ3n) is 7.26. The van der Waals surface area contributed by atoms with Gasteiger partial charge in [-0.2, -0.15) is 0 Å². The van der Waals surface area contributed by atoms with Crippen LogP contribution >= 0.6 is 0 Å². The predicted molar refractivity (Wildman–Crippen MR) is 152 cm³/mol. The number of anilines is 2. The number of aryl methyl sites for hydroxylation is 1. The molecular weight excluding hydrogens is 494 g/mol. The average Bonchev–Trinajstić information content (AvgIpc) is 2.93. The number of carbonyl (C=O) groups excluding carboxylic acids is 1. The molecule has 1 aromatic carbocycles. The predicted octanol–water partition coefficient (Wildman–Crippen LogP) is 3.71. The van der Waals surface area contributed by atoms with E-state index in [-0.39, 0.29) is 11.5 Å². The smallest absolute Gasteiger partial charge is 0.259 e. The number of hydrogen-bond donors (Lipinski definition) is 2. The van der Waals surface area contributed by atoms with Crippen LogP contribution in [0.4, 0.5) is 11.5 Å². The maximum atomic E-state index is 12.8. The Hall–Kier alpha value is -4.31. The van der Waals surface area contributed by atoms with Crippen LogP contribution in [0.2, 0.25) is 0 Å². The lowest BCUT2D eigenvalue weighted by atomic mass is 9.86. The largest absolute Gasteiger partial charge is 0.480 e. The molecule has 0 saturated carbocycles. The van der Waals surface area contributed by atoms with E-state index in [4.69, 9.17) is 9.72 Å². The first-order valence-electron chi connectivity index (χ1n) is 13.0. The van der Waals surface area contributed by atoms with Crippen LogP contribution in [0.5, 0.6) is 5.88 Å². The van der Waals surface area contributed by atoms with Gasteiger partial charge in [-0.05, 0) is 79.6 Å². The molecule has 0 bridgehead atoms. The molecule has 10 heteroatoms. The number of likely N-dealkylation sites (tertiary alicyclic amines) is 1. The molecule has 0 radical (unpaired) electrons. The van der Waals surface area contributed by atoms with Crippen molar-refractivity contribution >= 4 is 28.2 Å². The molecule has 2 N–H and O–H groups in total. The van der Waals surface area contributed by atoms with Crippen molar-refractivity contribution < 1.29 is 9.53 Å². The molecule has 5 rings (SSSR count). The number of nitrogens with one attached hydrogen (secondary N) is 2. The Morgan fingerprint density at radius 2 is 1.92 bits per heavy atom. The molecule has 1 aliphatic rings. The van der Waals surface area contributed by atoms with E-state index < -0.39 is 0 Å². The number of H-pyrrole nitrogens is 1. The fourth-order valence-corrected chi connectivity index (χ4v) is 5.09. The fourth-order valence-electron chi connectivity index (χ4n) is 5.09. The summed E-state index contributed by atoms with van der Waals surface area (Å²) in [6, 6.07) is 9.96. The molecule has 1 fully saturated rings. The Labute approximate surface area is 227 Å². The van der Waals surface area contributed by atoms with Gasteiger partial charge in [0.2, 0.25) is 11.8 Å². The molecule has 39 heavy (non-hydrogen) atoms. The lowest BCUT2D eigenvalue weighted by Gasteiger charge is -2.33. The zero-order valence-electron chi connectivity index (χ0n) is 22.7. The second-order valence-electron chi connectivity index (χ2n) is 10.1. The lowest BCUT2D eigenvalue weighted by molar-refractivity contribution is -0.130. The molecule has 202 valence electrons. The molecule has 1 aliphatic heterocycles. The Kier molecular flexibility index (Phi) is 7.56. The van der Waals surface area contributed by atoms with Crippen molar-refractivity contribution in [3.8, 4) is 17.3 Å². The molecule has 4 heterocycles. The van der Waals surface area contributed by atoms with E-state index in [1.807, 2.05) is 18.2 Å². The number of nitrogens with zero attached hydrogens (tertiary/aromatic N) is 5. The van der Waals surface area contributed by atoms with Crippen LogP contribution in [0.3, 0.4) is 0 Å². The molecular formula is C29H33N7O3. The fraction of sp³-hybridized carbons (Fsp3) is 0.345. The van der Waals surface area contributed by atoms with E-state index in [2.05, 4.69) is 44.2 Å². The monoisotopic (exact) mass is 527 g/mol. The van der Waals surface area contributed by atoms with Gasteiger partial charge < -0.3 is 19.9 Å². The molecule has 3 aromatic heterocycles. The van der Waals surface area contributed by atoms with Gasteiger partial charge in [-0.3, -0.25) is 19.5 Å². The third-order valence-corrected chi connectivity index (χ3v) is 7.26. The number of likely N-dealkylation sites (N-methyl/N-ethyl adjacent to an activating group) is 1. The highest BCUT2D eigenvalue weighted by Gasteiger charge is 2.24. The molecule has 10 nitrogen and oxygen atoms in total. The van der Waals surface area contributed by atoms with Crippen LogP contribution < -0.4 is 15.6 Å². The van der Waals surface area contributed by atoms with Gasteiger partial charge in [-0.25, -0.2) is 9.97 Å².